The maximum absolute atomic E-state index is 11.1. The van der Waals surface area contributed by atoms with E-state index in [9.17, 15) is 4.79 Å². The van der Waals surface area contributed by atoms with Crippen LogP contribution in [-0.4, -0.2) is 6.29 Å². The molecule has 0 aromatic rings. The Morgan fingerprint density at radius 2 is 1.76 bits per heavy atom. The molecule has 0 amide bonds. The van der Waals surface area contributed by atoms with Gasteiger partial charge in [0, 0.05) is 5.56 Å². The van der Waals surface area contributed by atoms with Gasteiger partial charge in [-0.3, -0.25) is 4.79 Å². The van der Waals surface area contributed by atoms with E-state index in [4.69, 9.17) is 0 Å². The van der Waals surface area contributed by atoms with Gasteiger partial charge >= 0.3 is 0 Å². The molecule has 0 atom stereocenters. The molecule has 0 radical (unpaired) electrons. The van der Waals surface area contributed by atoms with E-state index in [1.807, 2.05) is 6.07 Å². The van der Waals surface area contributed by atoms with Crippen molar-refractivity contribution in [3.8, 4) is 11.1 Å². The summed E-state index contributed by atoms with van der Waals surface area (Å²) in [6.07, 6.45) is 1.92. The lowest BCUT2D eigenvalue weighted by molar-refractivity contribution is 0.112. The van der Waals surface area contributed by atoms with Gasteiger partial charge in [-0.15, -0.1) is 0 Å². The Morgan fingerprint density at radius 1 is 1.12 bits per heavy atom. The van der Waals surface area contributed by atoms with E-state index in [2.05, 4.69) is 45.0 Å². The van der Waals surface area contributed by atoms with Gasteiger partial charge in [0.2, 0.25) is 0 Å². The lowest BCUT2D eigenvalue weighted by atomic mass is 10.1. The summed E-state index contributed by atoms with van der Waals surface area (Å²) in [5, 5.41) is 0. The van der Waals surface area contributed by atoms with Crippen LogP contribution >= 0.6 is 0 Å². The number of carbonyl (C=O) groups is 1. The molecule has 0 N–H and O–H groups in total. The molecule has 0 aromatic heterocycles. The van der Waals surface area contributed by atoms with Gasteiger partial charge in [-0.2, -0.15) is 0 Å². The van der Waals surface area contributed by atoms with Crippen molar-refractivity contribution >= 4 is 6.29 Å². The van der Waals surface area contributed by atoms with Crippen molar-refractivity contribution in [3.63, 3.8) is 0 Å². The summed E-state index contributed by atoms with van der Waals surface area (Å²) < 4.78 is 0. The van der Waals surface area contributed by atoms with Gasteiger partial charge < -0.3 is 0 Å². The van der Waals surface area contributed by atoms with E-state index in [-0.39, 0.29) is 0 Å². The van der Waals surface area contributed by atoms with Gasteiger partial charge in [0.25, 0.3) is 0 Å². The molecule has 1 nitrogen and oxygen atoms in total. The molecule has 2 rings (SSSR count). The van der Waals surface area contributed by atoms with Gasteiger partial charge in [-0.1, -0.05) is 45.0 Å². The summed E-state index contributed by atoms with van der Waals surface area (Å²) in [5.41, 5.74) is 5.65. The molecule has 0 saturated carbocycles. The van der Waals surface area contributed by atoms with Crippen molar-refractivity contribution in [2.24, 2.45) is 0 Å². The average Bonchev–Trinajstić information content (AvgIpc) is 2.51. The van der Waals surface area contributed by atoms with Crippen LogP contribution in [-0.2, 0) is 6.42 Å². The first kappa shape index (κ1) is 11.8. The summed E-state index contributed by atoms with van der Waals surface area (Å²) in [5.74, 6) is 0.510. The Labute approximate surface area is 103 Å². The van der Waals surface area contributed by atoms with E-state index >= 15 is 0 Å². The minimum atomic E-state index is 0.510. The Morgan fingerprint density at radius 3 is 2.29 bits per heavy atom. The summed E-state index contributed by atoms with van der Waals surface area (Å²) in [6.45, 7) is 6.49. The van der Waals surface area contributed by atoms with Crippen LogP contribution in [0.3, 0.4) is 0 Å². The van der Waals surface area contributed by atoms with Crippen molar-refractivity contribution in [1.29, 1.82) is 0 Å². The first-order valence-corrected chi connectivity index (χ1v) is 6.18. The van der Waals surface area contributed by atoms with Crippen LogP contribution in [0.1, 0.15) is 48.2 Å². The third-order valence-electron chi connectivity index (χ3n) is 3.34. The second-order valence-electron chi connectivity index (χ2n) is 4.75. The van der Waals surface area contributed by atoms with Crippen molar-refractivity contribution < 1.29 is 4.79 Å². The van der Waals surface area contributed by atoms with Gasteiger partial charge in [0.1, 0.15) is 0 Å². The molecule has 17 heavy (non-hydrogen) atoms. The molecule has 0 saturated heterocycles. The van der Waals surface area contributed by atoms with Crippen LogP contribution in [0, 0.1) is 0 Å². The predicted octanol–water partition coefficient (Wildman–Crippen LogP) is 4.29. The highest BCUT2D eigenvalue weighted by molar-refractivity contribution is 5.91. The SMILES string of the molecule is CCc1cc(C=O)c2ccc(C(C)C)ccc1-2. The van der Waals surface area contributed by atoms with Crippen molar-refractivity contribution in [3.05, 3.63) is 47.0 Å². The normalized spacial score (nSPS) is 11.1. The van der Waals surface area contributed by atoms with E-state index in [0.717, 1.165) is 23.8 Å². The van der Waals surface area contributed by atoms with E-state index < -0.39 is 0 Å². The molecule has 0 aromatic carbocycles. The second kappa shape index (κ2) is 4.70. The number of fused-ring (bicyclic) bond motifs is 1. The summed E-state index contributed by atoms with van der Waals surface area (Å²) >= 11 is 0. The maximum atomic E-state index is 11.1. The van der Waals surface area contributed by atoms with Crippen LogP contribution < -0.4 is 0 Å². The number of rotatable bonds is 3. The van der Waals surface area contributed by atoms with Crippen LogP contribution in [0.2, 0.25) is 0 Å². The third kappa shape index (κ3) is 2.10. The fourth-order valence-corrected chi connectivity index (χ4v) is 2.24. The van der Waals surface area contributed by atoms with Crippen LogP contribution in [0.4, 0.5) is 0 Å². The monoisotopic (exact) mass is 226 g/mol. The average molecular weight is 226 g/mol. The second-order valence-corrected chi connectivity index (χ2v) is 4.75. The number of carbonyl (C=O) groups excluding carboxylic acids is 1. The molecule has 0 fully saturated rings. The number of hydrogen-bond donors (Lipinski definition) is 0. The van der Waals surface area contributed by atoms with Crippen molar-refractivity contribution in [2.75, 3.05) is 0 Å². The van der Waals surface area contributed by atoms with Crippen molar-refractivity contribution in [1.82, 2.24) is 0 Å². The molecule has 0 spiro atoms. The Kier molecular flexibility index (Phi) is 3.28. The van der Waals surface area contributed by atoms with Gasteiger partial charge in [-0.05, 0) is 40.7 Å². The Balaban J connectivity index is 2.66. The predicted molar refractivity (Wildman–Crippen MR) is 71.9 cm³/mol. The van der Waals surface area contributed by atoms with Crippen LogP contribution in [0.15, 0.2) is 30.3 Å². The van der Waals surface area contributed by atoms with Crippen LogP contribution in [0.25, 0.3) is 11.1 Å². The highest BCUT2D eigenvalue weighted by atomic mass is 16.1. The maximum Gasteiger partial charge on any atom is 0.150 e. The van der Waals surface area contributed by atoms with E-state index in [1.165, 1.54) is 16.7 Å². The van der Waals surface area contributed by atoms with Crippen molar-refractivity contribution in [2.45, 2.75) is 33.1 Å². The highest BCUT2D eigenvalue weighted by Gasteiger charge is 2.13. The number of aryl methyl sites for hydroxylation is 1. The smallest absolute Gasteiger partial charge is 0.150 e. The molecule has 0 aliphatic heterocycles. The molecule has 0 heterocycles. The molecule has 0 unspecified atom stereocenters. The largest absolute Gasteiger partial charge is 0.298 e. The molecule has 88 valence electrons. The minimum absolute atomic E-state index is 0.510. The van der Waals surface area contributed by atoms with Crippen LogP contribution in [0.5, 0.6) is 0 Å². The highest BCUT2D eigenvalue weighted by Crippen LogP contribution is 2.32. The molecule has 2 aliphatic rings. The number of aldehydes is 1. The molecule has 2 aliphatic carbocycles. The standard InChI is InChI=1S/C16H18O/c1-4-12-9-14(10-17)16-8-6-13(11(2)3)5-7-15(12)16/h5-11H,4H2,1-3H3. The van der Waals surface area contributed by atoms with Gasteiger partial charge in [0.05, 0.1) is 0 Å². The summed E-state index contributed by atoms with van der Waals surface area (Å²) in [4.78, 5) is 11.1. The van der Waals surface area contributed by atoms with Gasteiger partial charge in [0.15, 0.2) is 6.29 Å². The third-order valence-corrected chi connectivity index (χ3v) is 3.34. The zero-order valence-electron chi connectivity index (χ0n) is 10.7. The first-order valence-electron chi connectivity index (χ1n) is 6.18. The quantitative estimate of drug-likeness (QED) is 0.713. The molecular weight excluding hydrogens is 208 g/mol. The first-order chi connectivity index (χ1) is 8.17. The van der Waals surface area contributed by atoms with E-state index in [0.29, 0.717) is 5.92 Å². The number of hydrogen-bond acceptors (Lipinski definition) is 1. The Bertz CT molecular complexity index is 511. The minimum Gasteiger partial charge on any atom is -0.298 e. The topological polar surface area (TPSA) is 17.1 Å². The lowest BCUT2D eigenvalue weighted by Crippen LogP contribution is -1.81. The summed E-state index contributed by atoms with van der Waals surface area (Å²) in [7, 11) is 0. The fraction of sp³-hybridized carbons (Fsp3) is 0.312. The Hall–Kier alpha value is -1.63. The zero-order chi connectivity index (χ0) is 12.4. The molecular formula is C16H18O. The molecule has 0 bridgehead atoms. The lowest BCUT2D eigenvalue weighted by Gasteiger charge is -1.99. The zero-order valence-corrected chi connectivity index (χ0v) is 10.7. The van der Waals surface area contributed by atoms with E-state index in [1.54, 1.807) is 0 Å². The summed E-state index contributed by atoms with van der Waals surface area (Å²) in [6, 6.07) is 10.5. The fourth-order valence-electron chi connectivity index (χ4n) is 2.24. The van der Waals surface area contributed by atoms with Gasteiger partial charge in [-0.25, -0.2) is 0 Å². The molecule has 1 heteroatoms.